The second-order valence-corrected chi connectivity index (χ2v) is 6.17. The largest absolute Gasteiger partial charge is 0.480 e. The van der Waals surface area contributed by atoms with Crippen molar-refractivity contribution in [3.05, 3.63) is 30.0 Å². The van der Waals surface area contributed by atoms with Gasteiger partial charge in [0, 0.05) is 5.39 Å². The molecule has 2 amide bonds. The van der Waals surface area contributed by atoms with Crippen LogP contribution in [0.5, 0.6) is 0 Å². The fourth-order valence-electron chi connectivity index (χ4n) is 2.40. The molecule has 0 aliphatic heterocycles. The van der Waals surface area contributed by atoms with Gasteiger partial charge in [-0.3, -0.25) is 9.59 Å². The summed E-state index contributed by atoms with van der Waals surface area (Å²) in [5, 5.41) is 18.6. The van der Waals surface area contributed by atoms with Gasteiger partial charge in [-0.1, -0.05) is 31.1 Å². The summed E-state index contributed by atoms with van der Waals surface area (Å²) in [6, 6.07) is 6.19. The van der Waals surface area contributed by atoms with E-state index in [2.05, 4.69) is 15.8 Å². The van der Waals surface area contributed by atoms with E-state index in [1.165, 1.54) is 0 Å². The van der Waals surface area contributed by atoms with Crippen LogP contribution in [0.3, 0.4) is 0 Å². The number of fused-ring (bicyclic) bond motifs is 1. The number of carbonyl (C=O) groups is 3. The predicted octanol–water partition coefficient (Wildman–Crippen LogP) is 1.10. The molecule has 0 fully saturated rings. The van der Waals surface area contributed by atoms with E-state index in [1.54, 1.807) is 18.2 Å². The summed E-state index contributed by atoms with van der Waals surface area (Å²) in [4.78, 5) is 34.9. The first kappa shape index (κ1) is 18.4. The Bertz CT molecular complexity index is 768. The van der Waals surface area contributed by atoms with E-state index < -0.39 is 23.8 Å². The van der Waals surface area contributed by atoms with Gasteiger partial charge in [-0.15, -0.1) is 0 Å². The summed E-state index contributed by atoms with van der Waals surface area (Å²) in [6.07, 6.45) is 0.290. The van der Waals surface area contributed by atoms with E-state index in [-0.39, 0.29) is 18.9 Å². The summed E-state index contributed by atoms with van der Waals surface area (Å²) in [7, 11) is 0. The standard InChI is InChI=1S/C17H21N3O5/c1-10(2)7-13(17(23)24)19-16(22)9-18-15(21)8-12-11-5-3-4-6-14(11)25-20-12/h3-6,10,13H,7-9H2,1-2H3,(H,18,21)(H,19,22)(H,23,24)/t13-/m0/s1. The molecule has 0 radical (unpaired) electrons. The lowest BCUT2D eigenvalue weighted by Crippen LogP contribution is -2.46. The van der Waals surface area contributed by atoms with Crippen molar-refractivity contribution in [3.8, 4) is 0 Å². The number of hydrogen-bond acceptors (Lipinski definition) is 5. The minimum atomic E-state index is -1.09. The number of aliphatic carboxylic acids is 1. The molecule has 1 atom stereocenters. The zero-order valence-corrected chi connectivity index (χ0v) is 14.1. The maximum Gasteiger partial charge on any atom is 0.326 e. The van der Waals surface area contributed by atoms with Crippen LogP contribution in [0.1, 0.15) is 26.0 Å². The van der Waals surface area contributed by atoms with E-state index in [0.717, 1.165) is 5.39 Å². The molecule has 0 aliphatic rings. The molecule has 0 bridgehead atoms. The van der Waals surface area contributed by atoms with Crippen molar-refractivity contribution in [1.29, 1.82) is 0 Å². The topological polar surface area (TPSA) is 122 Å². The van der Waals surface area contributed by atoms with Crippen molar-refractivity contribution < 1.29 is 24.0 Å². The number of nitrogens with zero attached hydrogens (tertiary/aromatic N) is 1. The molecule has 8 nitrogen and oxygen atoms in total. The van der Waals surface area contributed by atoms with Gasteiger partial charge >= 0.3 is 5.97 Å². The molecule has 134 valence electrons. The first-order valence-corrected chi connectivity index (χ1v) is 7.99. The highest BCUT2D eigenvalue weighted by molar-refractivity contribution is 5.90. The quantitative estimate of drug-likeness (QED) is 0.657. The summed E-state index contributed by atoms with van der Waals surface area (Å²) < 4.78 is 5.12. The molecule has 25 heavy (non-hydrogen) atoms. The third kappa shape index (κ3) is 5.30. The SMILES string of the molecule is CC(C)C[C@H](NC(=O)CNC(=O)Cc1noc2ccccc12)C(=O)O. The average Bonchev–Trinajstić information content (AvgIpc) is 2.95. The number of benzene rings is 1. The van der Waals surface area contributed by atoms with Crippen LogP contribution < -0.4 is 10.6 Å². The van der Waals surface area contributed by atoms with Crippen molar-refractivity contribution >= 4 is 28.8 Å². The number of carbonyl (C=O) groups excluding carboxylic acids is 2. The minimum absolute atomic E-state index is 0.0291. The smallest absolute Gasteiger partial charge is 0.326 e. The molecule has 0 aliphatic carbocycles. The molecule has 0 saturated carbocycles. The molecular formula is C17H21N3O5. The van der Waals surface area contributed by atoms with Crippen LogP contribution in [0.15, 0.2) is 28.8 Å². The monoisotopic (exact) mass is 347 g/mol. The molecule has 0 unspecified atom stereocenters. The molecule has 0 saturated heterocycles. The first-order valence-electron chi connectivity index (χ1n) is 7.99. The van der Waals surface area contributed by atoms with Gasteiger partial charge in [0.05, 0.1) is 13.0 Å². The number of hydrogen-bond donors (Lipinski definition) is 3. The van der Waals surface area contributed by atoms with Gasteiger partial charge in [-0.05, 0) is 24.5 Å². The van der Waals surface area contributed by atoms with E-state index >= 15 is 0 Å². The van der Waals surface area contributed by atoms with Crippen molar-refractivity contribution in [1.82, 2.24) is 15.8 Å². The molecule has 0 spiro atoms. The van der Waals surface area contributed by atoms with Gasteiger partial charge in [-0.25, -0.2) is 4.79 Å². The van der Waals surface area contributed by atoms with Crippen LogP contribution in [0.2, 0.25) is 0 Å². The lowest BCUT2D eigenvalue weighted by molar-refractivity contribution is -0.142. The molecule has 8 heteroatoms. The summed E-state index contributed by atoms with van der Waals surface area (Å²) in [5.41, 5.74) is 1.07. The number of para-hydroxylation sites is 1. The Morgan fingerprint density at radius 2 is 1.92 bits per heavy atom. The van der Waals surface area contributed by atoms with Crippen molar-refractivity contribution in [2.75, 3.05) is 6.54 Å². The van der Waals surface area contributed by atoms with E-state index in [1.807, 2.05) is 19.9 Å². The second-order valence-electron chi connectivity index (χ2n) is 6.17. The molecule has 2 rings (SSSR count). The zero-order chi connectivity index (χ0) is 18.4. The fraction of sp³-hybridized carbons (Fsp3) is 0.412. The number of nitrogens with one attached hydrogen (secondary N) is 2. The molecule has 2 aromatic rings. The number of aromatic nitrogens is 1. The fourth-order valence-corrected chi connectivity index (χ4v) is 2.40. The maximum absolute atomic E-state index is 12.0. The Kier molecular flexibility index (Phi) is 6.10. The zero-order valence-electron chi connectivity index (χ0n) is 14.1. The second kappa shape index (κ2) is 8.27. The van der Waals surface area contributed by atoms with Gasteiger partial charge in [0.1, 0.15) is 11.7 Å². The van der Waals surface area contributed by atoms with Crippen LogP contribution in [-0.2, 0) is 20.8 Å². The highest BCUT2D eigenvalue weighted by Crippen LogP contribution is 2.17. The summed E-state index contributed by atoms with van der Waals surface area (Å²) >= 11 is 0. The highest BCUT2D eigenvalue weighted by atomic mass is 16.5. The van der Waals surface area contributed by atoms with Crippen LogP contribution in [0.25, 0.3) is 11.0 Å². The van der Waals surface area contributed by atoms with Crippen molar-refractivity contribution in [2.45, 2.75) is 32.7 Å². The summed E-state index contributed by atoms with van der Waals surface area (Å²) in [6.45, 7) is 3.44. The molecular weight excluding hydrogens is 326 g/mol. The Hall–Kier alpha value is -2.90. The van der Waals surface area contributed by atoms with Gasteiger partial charge in [-0.2, -0.15) is 0 Å². The van der Waals surface area contributed by atoms with Crippen LogP contribution >= 0.6 is 0 Å². The molecule has 1 heterocycles. The maximum atomic E-state index is 12.0. The number of carboxylic acid groups (broad SMARTS) is 1. The minimum Gasteiger partial charge on any atom is -0.480 e. The van der Waals surface area contributed by atoms with Gasteiger partial charge in [0.2, 0.25) is 11.8 Å². The van der Waals surface area contributed by atoms with Gasteiger partial charge in [0.25, 0.3) is 0 Å². The Morgan fingerprint density at radius 3 is 2.60 bits per heavy atom. The highest BCUT2D eigenvalue weighted by Gasteiger charge is 2.21. The third-order valence-electron chi connectivity index (χ3n) is 3.57. The Labute approximate surface area is 144 Å². The number of carboxylic acids is 1. The van der Waals surface area contributed by atoms with E-state index in [9.17, 15) is 14.4 Å². The lowest BCUT2D eigenvalue weighted by atomic mass is 10.0. The number of amides is 2. The van der Waals surface area contributed by atoms with Crippen LogP contribution in [0, 0.1) is 5.92 Å². The average molecular weight is 347 g/mol. The molecule has 3 N–H and O–H groups in total. The number of rotatable bonds is 8. The van der Waals surface area contributed by atoms with Crippen LogP contribution in [-0.4, -0.2) is 40.6 Å². The summed E-state index contributed by atoms with van der Waals surface area (Å²) in [5.74, 6) is -1.92. The first-order chi connectivity index (χ1) is 11.9. The van der Waals surface area contributed by atoms with Gasteiger partial charge < -0.3 is 20.3 Å². The van der Waals surface area contributed by atoms with E-state index in [0.29, 0.717) is 17.7 Å². The van der Waals surface area contributed by atoms with Crippen LogP contribution in [0.4, 0.5) is 0 Å². The normalized spacial score (nSPS) is 12.1. The van der Waals surface area contributed by atoms with Crippen molar-refractivity contribution in [3.63, 3.8) is 0 Å². The van der Waals surface area contributed by atoms with Crippen molar-refractivity contribution in [2.24, 2.45) is 5.92 Å². The van der Waals surface area contributed by atoms with E-state index in [4.69, 9.17) is 9.63 Å². The third-order valence-corrected chi connectivity index (χ3v) is 3.57. The lowest BCUT2D eigenvalue weighted by Gasteiger charge is -2.16. The Morgan fingerprint density at radius 1 is 1.20 bits per heavy atom. The Balaban J connectivity index is 1.84. The molecule has 1 aromatic heterocycles. The predicted molar refractivity (Wildman–Crippen MR) is 89.7 cm³/mol. The molecule has 1 aromatic carbocycles. The van der Waals surface area contributed by atoms with Gasteiger partial charge in [0.15, 0.2) is 5.58 Å².